The average molecular weight is 138 g/mol. The minimum Gasteiger partial charge on any atom is -0.638 e. The second-order valence-electron chi connectivity index (χ2n) is 1.66. The Bertz CT molecular complexity index is 209. The van der Waals surface area contributed by atoms with Crippen LogP contribution in [0.2, 0.25) is 0 Å². The molecule has 4 heteroatoms. The van der Waals surface area contributed by atoms with Crippen LogP contribution in [0.4, 0.5) is 0 Å². The Balaban J connectivity index is 2.71. The summed E-state index contributed by atoms with van der Waals surface area (Å²) in [5, 5.41) is 12.5. The first-order valence-electron chi connectivity index (χ1n) is 2.60. The van der Waals surface area contributed by atoms with Crippen molar-refractivity contribution in [2.45, 2.75) is 0 Å². The number of rotatable bonds is 1. The van der Waals surface area contributed by atoms with Gasteiger partial charge in [-0.05, 0) is 24.3 Å². The Labute approximate surface area is 57.0 Å². The summed E-state index contributed by atoms with van der Waals surface area (Å²) in [5.74, 6) is -0.121. The van der Waals surface area contributed by atoms with Crippen molar-refractivity contribution in [2.75, 3.05) is 0 Å². The van der Waals surface area contributed by atoms with Crippen molar-refractivity contribution in [3.05, 3.63) is 24.3 Å². The molecule has 0 fully saturated rings. The molecular weight excluding hydrogens is 134 g/mol. The van der Waals surface area contributed by atoms with Gasteiger partial charge in [0.05, 0.1) is 0 Å². The molecule has 1 rings (SSSR count). The van der Waals surface area contributed by atoms with Gasteiger partial charge in [0.15, 0.2) is 5.78 Å². The van der Waals surface area contributed by atoms with Gasteiger partial charge in [0.1, 0.15) is 5.71 Å². The van der Waals surface area contributed by atoms with E-state index in [1.165, 1.54) is 24.3 Å². The predicted molar refractivity (Wildman–Crippen MR) is 31.8 cm³/mol. The molecule has 0 aromatic rings. The van der Waals surface area contributed by atoms with E-state index in [-0.39, 0.29) is 5.78 Å². The van der Waals surface area contributed by atoms with Crippen LogP contribution >= 0.6 is 0 Å². The second-order valence-corrected chi connectivity index (χ2v) is 1.66. The number of oxime groups is 1. The number of carbonyl (C=O) groups excluding carboxylic acids is 1. The molecule has 0 atom stereocenters. The lowest BCUT2D eigenvalue weighted by molar-refractivity contribution is -0.691. The van der Waals surface area contributed by atoms with Gasteiger partial charge >= 0.3 is 0 Å². The molecule has 1 aliphatic rings. The van der Waals surface area contributed by atoms with Gasteiger partial charge in [-0.3, -0.25) is 4.79 Å². The van der Waals surface area contributed by atoms with Gasteiger partial charge < -0.3 is 10.2 Å². The maximum atomic E-state index is 10.5. The van der Waals surface area contributed by atoms with Crippen molar-refractivity contribution >= 4 is 11.5 Å². The first-order chi connectivity index (χ1) is 4.83. The number of nitrogens with zero attached hydrogens (tertiary/aromatic N) is 1. The van der Waals surface area contributed by atoms with Crippen LogP contribution < -0.4 is 5.26 Å². The topological polar surface area (TPSA) is 61.7 Å². The predicted octanol–water partition coefficient (Wildman–Crippen LogP) is -0.671. The Morgan fingerprint density at radius 2 is 1.90 bits per heavy atom. The van der Waals surface area contributed by atoms with E-state index in [4.69, 9.17) is 0 Å². The van der Waals surface area contributed by atoms with E-state index in [1.807, 2.05) is 0 Å². The minimum atomic E-state index is -0.121. The van der Waals surface area contributed by atoms with Crippen LogP contribution in [-0.2, 0) is 9.78 Å². The molecular formula is C6H4NO3-. The largest absolute Gasteiger partial charge is 0.638 e. The molecule has 0 aromatic heterocycles. The fraction of sp³-hybridized carbons (Fsp3) is 0. The zero-order chi connectivity index (χ0) is 7.40. The smallest absolute Gasteiger partial charge is 0.178 e. The van der Waals surface area contributed by atoms with Crippen molar-refractivity contribution in [3.8, 4) is 0 Å². The molecule has 0 amide bonds. The Morgan fingerprint density at radius 1 is 1.30 bits per heavy atom. The van der Waals surface area contributed by atoms with Crippen LogP contribution in [0.5, 0.6) is 0 Å². The summed E-state index contributed by atoms with van der Waals surface area (Å²) >= 11 is 0. The monoisotopic (exact) mass is 138 g/mol. The number of ketones is 1. The molecule has 0 aromatic carbocycles. The van der Waals surface area contributed by atoms with Gasteiger partial charge in [-0.15, -0.1) is 0 Å². The number of carbonyl (C=O) groups is 1. The van der Waals surface area contributed by atoms with Gasteiger partial charge in [0.2, 0.25) is 0 Å². The lowest BCUT2D eigenvalue weighted by Crippen LogP contribution is -2.04. The van der Waals surface area contributed by atoms with Crippen LogP contribution in [-0.4, -0.2) is 11.5 Å². The van der Waals surface area contributed by atoms with Crippen LogP contribution in [0.25, 0.3) is 0 Å². The highest BCUT2D eigenvalue weighted by Crippen LogP contribution is 1.94. The zero-order valence-corrected chi connectivity index (χ0v) is 4.98. The highest BCUT2D eigenvalue weighted by atomic mass is 17.2. The van der Waals surface area contributed by atoms with Gasteiger partial charge in [0, 0.05) is 0 Å². The third kappa shape index (κ3) is 1.53. The van der Waals surface area contributed by atoms with E-state index in [2.05, 4.69) is 10.1 Å². The summed E-state index contributed by atoms with van der Waals surface area (Å²) in [6.07, 6.45) is 5.41. The Hall–Kier alpha value is -1.42. The summed E-state index contributed by atoms with van der Waals surface area (Å²) in [4.78, 5) is 13.7. The summed E-state index contributed by atoms with van der Waals surface area (Å²) in [7, 11) is 0. The molecule has 0 aliphatic heterocycles. The average Bonchev–Trinajstić information content (AvgIpc) is 1.95. The van der Waals surface area contributed by atoms with Gasteiger partial charge in [-0.1, -0.05) is 5.16 Å². The van der Waals surface area contributed by atoms with Crippen molar-refractivity contribution in [2.24, 2.45) is 5.16 Å². The third-order valence-corrected chi connectivity index (χ3v) is 0.979. The van der Waals surface area contributed by atoms with Crippen molar-refractivity contribution < 1.29 is 15.0 Å². The van der Waals surface area contributed by atoms with Crippen molar-refractivity contribution in [3.63, 3.8) is 0 Å². The first-order valence-corrected chi connectivity index (χ1v) is 2.60. The molecule has 0 N–H and O–H groups in total. The van der Waals surface area contributed by atoms with Crippen LogP contribution in [0, 0.1) is 0 Å². The zero-order valence-electron chi connectivity index (χ0n) is 4.98. The molecule has 0 saturated carbocycles. The molecule has 10 heavy (non-hydrogen) atoms. The van der Waals surface area contributed by atoms with Crippen LogP contribution in [0.15, 0.2) is 29.5 Å². The van der Waals surface area contributed by atoms with E-state index in [0.29, 0.717) is 5.71 Å². The fourth-order valence-corrected chi connectivity index (χ4v) is 0.550. The van der Waals surface area contributed by atoms with E-state index >= 15 is 0 Å². The van der Waals surface area contributed by atoms with Crippen LogP contribution in [0.1, 0.15) is 0 Å². The van der Waals surface area contributed by atoms with Gasteiger partial charge in [0.25, 0.3) is 0 Å². The lowest BCUT2D eigenvalue weighted by atomic mass is 10.2. The van der Waals surface area contributed by atoms with E-state index in [1.54, 1.807) is 0 Å². The highest BCUT2D eigenvalue weighted by molar-refractivity contribution is 6.16. The maximum absolute atomic E-state index is 10.5. The third-order valence-electron chi connectivity index (χ3n) is 0.979. The second kappa shape index (κ2) is 2.93. The molecule has 0 saturated heterocycles. The molecule has 52 valence electrons. The quantitative estimate of drug-likeness (QED) is 0.274. The van der Waals surface area contributed by atoms with Crippen molar-refractivity contribution in [1.29, 1.82) is 0 Å². The van der Waals surface area contributed by atoms with E-state index in [0.717, 1.165) is 0 Å². The maximum Gasteiger partial charge on any atom is 0.178 e. The number of hydrogen-bond donors (Lipinski definition) is 0. The minimum absolute atomic E-state index is 0.121. The summed E-state index contributed by atoms with van der Waals surface area (Å²) in [6, 6.07) is 0. The molecule has 1 aliphatic carbocycles. The van der Waals surface area contributed by atoms with E-state index in [9.17, 15) is 10.1 Å². The summed E-state index contributed by atoms with van der Waals surface area (Å²) in [6.45, 7) is 0. The van der Waals surface area contributed by atoms with E-state index < -0.39 is 0 Å². The molecule has 0 spiro atoms. The molecule has 0 bridgehead atoms. The van der Waals surface area contributed by atoms with Gasteiger partial charge in [-0.2, -0.15) is 0 Å². The van der Waals surface area contributed by atoms with Crippen molar-refractivity contribution in [1.82, 2.24) is 0 Å². The molecule has 4 nitrogen and oxygen atoms in total. The fourth-order valence-electron chi connectivity index (χ4n) is 0.550. The summed E-state index contributed by atoms with van der Waals surface area (Å²) in [5.41, 5.74) is 0.342. The number of hydrogen-bond acceptors (Lipinski definition) is 4. The normalized spacial score (nSPS) is 15.7. The molecule has 0 radical (unpaired) electrons. The lowest BCUT2D eigenvalue weighted by Gasteiger charge is -2.00. The first kappa shape index (κ1) is 6.70. The Morgan fingerprint density at radius 3 is 2.40 bits per heavy atom. The Kier molecular flexibility index (Phi) is 1.96. The van der Waals surface area contributed by atoms with Crippen LogP contribution in [0.3, 0.4) is 0 Å². The summed E-state index contributed by atoms with van der Waals surface area (Å²) < 4.78 is 0. The highest BCUT2D eigenvalue weighted by Gasteiger charge is 1.97. The van der Waals surface area contributed by atoms with Gasteiger partial charge in [-0.25, -0.2) is 0 Å². The standard InChI is InChI=1S/C6H5NO3/c8-6-3-1-5(2-4-6)7-10-9/h1-4,9H/p-1. The molecule has 0 unspecified atom stereocenters. The molecule has 0 heterocycles. The SMILES string of the molecule is O=C1C=CC(=NO[O-])C=C1. The number of allylic oxidation sites excluding steroid dienone is 4.